The SMILES string of the molecule is O=C(NCCC1(c2ccccc2)CCNC1=O)c1ccccc1. The van der Waals surface area contributed by atoms with Gasteiger partial charge in [0, 0.05) is 18.7 Å². The predicted molar refractivity (Wildman–Crippen MR) is 89.1 cm³/mol. The lowest BCUT2D eigenvalue weighted by Crippen LogP contribution is -2.39. The zero-order valence-corrected chi connectivity index (χ0v) is 12.9. The molecule has 1 aliphatic rings. The van der Waals surface area contributed by atoms with Crippen molar-refractivity contribution < 1.29 is 9.59 Å². The maximum Gasteiger partial charge on any atom is 0.251 e. The van der Waals surface area contributed by atoms with E-state index in [0.29, 0.717) is 25.1 Å². The third-order valence-electron chi connectivity index (χ3n) is 4.47. The van der Waals surface area contributed by atoms with Crippen LogP contribution in [-0.4, -0.2) is 24.9 Å². The van der Waals surface area contributed by atoms with Crippen LogP contribution < -0.4 is 10.6 Å². The lowest BCUT2D eigenvalue weighted by atomic mass is 9.76. The molecule has 0 spiro atoms. The largest absolute Gasteiger partial charge is 0.355 e. The standard InChI is InChI=1S/C19H20N2O2/c22-17(15-7-3-1-4-8-15)20-13-11-19(12-14-21-18(19)23)16-9-5-2-6-10-16/h1-10H,11-14H2,(H,20,22)(H,21,23). The highest BCUT2D eigenvalue weighted by molar-refractivity contribution is 5.94. The van der Waals surface area contributed by atoms with Crippen molar-refractivity contribution >= 4 is 11.8 Å². The van der Waals surface area contributed by atoms with E-state index in [1.807, 2.05) is 48.5 Å². The summed E-state index contributed by atoms with van der Waals surface area (Å²) in [7, 11) is 0. The molecule has 2 aromatic rings. The fraction of sp³-hybridized carbons (Fsp3) is 0.263. The molecule has 1 atom stereocenters. The van der Waals surface area contributed by atoms with Gasteiger partial charge in [-0.1, -0.05) is 48.5 Å². The third-order valence-corrected chi connectivity index (χ3v) is 4.47. The number of nitrogens with one attached hydrogen (secondary N) is 2. The first kappa shape index (κ1) is 15.3. The number of hydrogen-bond donors (Lipinski definition) is 2. The van der Waals surface area contributed by atoms with Gasteiger partial charge in [-0.2, -0.15) is 0 Å². The van der Waals surface area contributed by atoms with Crippen LogP contribution in [0.5, 0.6) is 0 Å². The van der Waals surface area contributed by atoms with Gasteiger partial charge in [0.1, 0.15) is 0 Å². The molecule has 4 nitrogen and oxygen atoms in total. The maximum atomic E-state index is 12.4. The van der Waals surface area contributed by atoms with Crippen molar-refractivity contribution in [3.05, 3.63) is 71.8 Å². The second-order valence-electron chi connectivity index (χ2n) is 5.83. The number of rotatable bonds is 5. The van der Waals surface area contributed by atoms with Crippen LogP contribution >= 0.6 is 0 Å². The molecular formula is C19H20N2O2. The Morgan fingerprint density at radius 3 is 2.30 bits per heavy atom. The van der Waals surface area contributed by atoms with Gasteiger partial charge in [0.2, 0.25) is 5.91 Å². The first-order chi connectivity index (χ1) is 11.2. The molecule has 2 amide bonds. The van der Waals surface area contributed by atoms with E-state index in [9.17, 15) is 9.59 Å². The van der Waals surface area contributed by atoms with Crippen molar-refractivity contribution in [2.45, 2.75) is 18.3 Å². The van der Waals surface area contributed by atoms with Gasteiger partial charge in [0.05, 0.1) is 5.41 Å². The van der Waals surface area contributed by atoms with Crippen molar-refractivity contribution in [2.24, 2.45) is 0 Å². The quantitative estimate of drug-likeness (QED) is 0.890. The van der Waals surface area contributed by atoms with Crippen molar-refractivity contribution in [2.75, 3.05) is 13.1 Å². The number of hydrogen-bond acceptors (Lipinski definition) is 2. The molecule has 0 aliphatic carbocycles. The zero-order valence-electron chi connectivity index (χ0n) is 12.9. The smallest absolute Gasteiger partial charge is 0.251 e. The molecule has 0 bridgehead atoms. The second-order valence-corrected chi connectivity index (χ2v) is 5.83. The molecule has 1 unspecified atom stereocenters. The molecule has 118 valence electrons. The Morgan fingerprint density at radius 2 is 1.70 bits per heavy atom. The maximum absolute atomic E-state index is 12.4. The van der Waals surface area contributed by atoms with Gasteiger partial charge in [-0.25, -0.2) is 0 Å². The molecule has 4 heteroatoms. The van der Waals surface area contributed by atoms with Crippen LogP contribution in [0.15, 0.2) is 60.7 Å². The van der Waals surface area contributed by atoms with Gasteiger partial charge in [-0.15, -0.1) is 0 Å². The topological polar surface area (TPSA) is 58.2 Å². The molecule has 0 radical (unpaired) electrons. The van der Waals surface area contributed by atoms with Crippen LogP contribution in [-0.2, 0) is 10.2 Å². The Morgan fingerprint density at radius 1 is 1.04 bits per heavy atom. The van der Waals surface area contributed by atoms with Gasteiger partial charge in [-0.3, -0.25) is 9.59 Å². The first-order valence-electron chi connectivity index (χ1n) is 7.89. The predicted octanol–water partition coefficient (Wildman–Crippen LogP) is 2.26. The zero-order chi connectivity index (χ0) is 16.1. The normalized spacial score (nSPS) is 20.1. The number of carbonyl (C=O) groups excluding carboxylic acids is 2. The summed E-state index contributed by atoms with van der Waals surface area (Å²) in [5.74, 6) is -0.0510. The Balaban J connectivity index is 1.69. The number of amides is 2. The van der Waals surface area contributed by atoms with Crippen LogP contribution in [0.25, 0.3) is 0 Å². The fourth-order valence-electron chi connectivity index (χ4n) is 3.17. The molecule has 23 heavy (non-hydrogen) atoms. The van der Waals surface area contributed by atoms with E-state index >= 15 is 0 Å². The Hall–Kier alpha value is -2.62. The lowest BCUT2D eigenvalue weighted by Gasteiger charge is -2.26. The van der Waals surface area contributed by atoms with E-state index in [-0.39, 0.29) is 11.8 Å². The van der Waals surface area contributed by atoms with Gasteiger partial charge in [0.15, 0.2) is 0 Å². The fourth-order valence-corrected chi connectivity index (χ4v) is 3.17. The van der Waals surface area contributed by atoms with Crippen molar-refractivity contribution in [1.29, 1.82) is 0 Å². The molecule has 1 heterocycles. The summed E-state index contributed by atoms with van der Waals surface area (Å²) in [6.45, 7) is 1.15. The molecule has 1 saturated heterocycles. The summed E-state index contributed by atoms with van der Waals surface area (Å²) in [4.78, 5) is 24.5. The van der Waals surface area contributed by atoms with E-state index in [2.05, 4.69) is 10.6 Å². The summed E-state index contributed by atoms with van der Waals surface area (Å²) in [5, 5.41) is 5.85. The highest BCUT2D eigenvalue weighted by Crippen LogP contribution is 2.34. The molecular weight excluding hydrogens is 288 g/mol. The molecule has 0 saturated carbocycles. The Labute approximate surface area is 135 Å². The van der Waals surface area contributed by atoms with E-state index in [1.165, 1.54) is 0 Å². The summed E-state index contributed by atoms with van der Waals surface area (Å²) in [5.41, 5.74) is 1.12. The Bertz CT molecular complexity index is 685. The van der Waals surface area contributed by atoms with Gasteiger partial charge >= 0.3 is 0 Å². The van der Waals surface area contributed by atoms with Gasteiger partial charge < -0.3 is 10.6 Å². The minimum absolute atomic E-state index is 0.0534. The lowest BCUT2D eigenvalue weighted by molar-refractivity contribution is -0.124. The molecule has 0 aromatic heterocycles. The highest BCUT2D eigenvalue weighted by atomic mass is 16.2. The highest BCUT2D eigenvalue weighted by Gasteiger charge is 2.43. The van der Waals surface area contributed by atoms with Crippen LogP contribution in [0.4, 0.5) is 0 Å². The van der Waals surface area contributed by atoms with Gasteiger partial charge in [-0.05, 0) is 30.5 Å². The van der Waals surface area contributed by atoms with Crippen molar-refractivity contribution in [1.82, 2.24) is 10.6 Å². The first-order valence-corrected chi connectivity index (χ1v) is 7.89. The Kier molecular flexibility index (Phi) is 4.42. The average molecular weight is 308 g/mol. The number of carbonyl (C=O) groups is 2. The molecule has 1 fully saturated rings. The van der Waals surface area contributed by atoms with Crippen molar-refractivity contribution in [3.8, 4) is 0 Å². The second kappa shape index (κ2) is 6.65. The monoisotopic (exact) mass is 308 g/mol. The summed E-state index contributed by atoms with van der Waals surface area (Å²) in [6.07, 6.45) is 1.36. The minimum atomic E-state index is -0.536. The number of benzene rings is 2. The van der Waals surface area contributed by atoms with Crippen LogP contribution in [0.2, 0.25) is 0 Å². The van der Waals surface area contributed by atoms with Crippen LogP contribution in [0, 0.1) is 0 Å². The summed E-state index contributed by atoms with van der Waals surface area (Å²) < 4.78 is 0. The summed E-state index contributed by atoms with van der Waals surface area (Å²) >= 11 is 0. The van der Waals surface area contributed by atoms with E-state index in [0.717, 1.165) is 12.0 Å². The van der Waals surface area contributed by atoms with Crippen LogP contribution in [0.1, 0.15) is 28.8 Å². The van der Waals surface area contributed by atoms with Crippen LogP contribution in [0.3, 0.4) is 0 Å². The van der Waals surface area contributed by atoms with Gasteiger partial charge in [0.25, 0.3) is 5.91 Å². The average Bonchev–Trinajstić information content (AvgIpc) is 2.98. The third kappa shape index (κ3) is 3.11. The minimum Gasteiger partial charge on any atom is -0.355 e. The molecule has 3 rings (SSSR count). The summed E-state index contributed by atoms with van der Waals surface area (Å²) in [6, 6.07) is 18.9. The van der Waals surface area contributed by atoms with E-state index in [4.69, 9.17) is 0 Å². The molecule has 2 aromatic carbocycles. The van der Waals surface area contributed by atoms with E-state index in [1.54, 1.807) is 12.1 Å². The van der Waals surface area contributed by atoms with E-state index < -0.39 is 5.41 Å². The molecule has 1 aliphatic heterocycles. The van der Waals surface area contributed by atoms with Crippen molar-refractivity contribution in [3.63, 3.8) is 0 Å². The molecule has 2 N–H and O–H groups in total.